The predicted molar refractivity (Wildman–Crippen MR) is 66.2 cm³/mol. The molecule has 2 aromatic rings. The third-order valence-corrected chi connectivity index (χ3v) is 3.48. The summed E-state index contributed by atoms with van der Waals surface area (Å²) in [6.45, 7) is 0. The van der Waals surface area contributed by atoms with E-state index in [1.807, 2.05) is 24.4 Å². The lowest BCUT2D eigenvalue weighted by Crippen LogP contribution is -2.34. The van der Waals surface area contributed by atoms with Crippen LogP contribution in [-0.2, 0) is 5.54 Å². The monoisotopic (exact) mass is 228 g/mol. The first kappa shape index (κ1) is 10.5. The van der Waals surface area contributed by atoms with Crippen molar-refractivity contribution in [2.24, 2.45) is 5.73 Å². The van der Waals surface area contributed by atoms with Crippen molar-refractivity contribution in [1.29, 1.82) is 0 Å². The second-order valence-electron chi connectivity index (χ2n) is 4.72. The summed E-state index contributed by atoms with van der Waals surface area (Å²) in [7, 11) is 0. The molecule has 2 heterocycles. The minimum Gasteiger partial charge on any atom is -0.339 e. The molecule has 0 spiro atoms. The maximum atomic E-state index is 6.36. The van der Waals surface area contributed by atoms with Crippen LogP contribution in [0.3, 0.4) is 0 Å². The Balaban J connectivity index is 1.93. The minimum atomic E-state index is -0.257. The Morgan fingerprint density at radius 1 is 1.18 bits per heavy atom. The van der Waals surface area contributed by atoms with E-state index in [1.165, 1.54) is 12.8 Å². The molecular formula is C13H16N4. The molecule has 3 rings (SSSR count). The highest BCUT2D eigenvalue weighted by atomic mass is 15.0. The van der Waals surface area contributed by atoms with Crippen LogP contribution in [0.4, 0.5) is 0 Å². The van der Waals surface area contributed by atoms with Gasteiger partial charge in [0.2, 0.25) is 0 Å². The number of nitrogens with one attached hydrogen (secondary N) is 1. The number of aromatic nitrogens is 3. The summed E-state index contributed by atoms with van der Waals surface area (Å²) in [5.41, 5.74) is 7.95. The number of hydrogen-bond donors (Lipinski definition) is 2. The number of pyridine rings is 1. The lowest BCUT2D eigenvalue weighted by Gasteiger charge is -2.20. The molecule has 88 valence electrons. The molecule has 2 aromatic heterocycles. The normalized spacial score (nSPS) is 18.4. The van der Waals surface area contributed by atoms with E-state index >= 15 is 0 Å². The number of H-pyrrole nitrogens is 1. The number of imidazole rings is 1. The molecule has 0 aliphatic heterocycles. The van der Waals surface area contributed by atoms with E-state index in [0.717, 1.165) is 30.1 Å². The van der Waals surface area contributed by atoms with Crippen LogP contribution in [0.5, 0.6) is 0 Å². The average molecular weight is 228 g/mol. The molecule has 0 radical (unpaired) electrons. The first-order chi connectivity index (χ1) is 8.28. The summed E-state index contributed by atoms with van der Waals surface area (Å²) in [6.07, 6.45) is 8.02. The van der Waals surface area contributed by atoms with Crippen LogP contribution in [0, 0.1) is 0 Å². The second kappa shape index (κ2) is 3.96. The first-order valence-corrected chi connectivity index (χ1v) is 6.04. The van der Waals surface area contributed by atoms with Gasteiger partial charge in [0.15, 0.2) is 0 Å². The smallest absolute Gasteiger partial charge is 0.126 e. The van der Waals surface area contributed by atoms with Gasteiger partial charge in [0.05, 0.1) is 23.1 Å². The Bertz CT molecular complexity index is 497. The predicted octanol–water partition coefficient (Wildman–Crippen LogP) is 2.20. The average Bonchev–Trinajstić information content (AvgIpc) is 2.99. The van der Waals surface area contributed by atoms with Crippen molar-refractivity contribution >= 4 is 0 Å². The van der Waals surface area contributed by atoms with Crippen molar-refractivity contribution in [1.82, 2.24) is 15.0 Å². The van der Waals surface area contributed by atoms with Gasteiger partial charge in [0.1, 0.15) is 5.82 Å². The molecule has 0 amide bonds. The van der Waals surface area contributed by atoms with E-state index < -0.39 is 0 Å². The van der Waals surface area contributed by atoms with Crippen LogP contribution < -0.4 is 5.73 Å². The molecule has 1 fully saturated rings. The van der Waals surface area contributed by atoms with Crippen molar-refractivity contribution in [3.05, 3.63) is 36.4 Å². The number of nitrogens with two attached hydrogens (primary N) is 1. The SMILES string of the molecule is NC1(c2ncc(-c3ccccn3)[nH]2)CCCC1. The lowest BCUT2D eigenvalue weighted by molar-refractivity contribution is 0.436. The molecule has 17 heavy (non-hydrogen) atoms. The van der Waals surface area contributed by atoms with Gasteiger partial charge in [-0.15, -0.1) is 0 Å². The Labute approximate surface area is 100 Å². The van der Waals surface area contributed by atoms with Gasteiger partial charge in [-0.3, -0.25) is 4.98 Å². The largest absolute Gasteiger partial charge is 0.339 e. The van der Waals surface area contributed by atoms with Crippen LogP contribution in [-0.4, -0.2) is 15.0 Å². The van der Waals surface area contributed by atoms with Crippen LogP contribution in [0.15, 0.2) is 30.6 Å². The summed E-state index contributed by atoms with van der Waals surface area (Å²) in [5.74, 6) is 0.899. The van der Waals surface area contributed by atoms with Crippen LogP contribution in [0.2, 0.25) is 0 Å². The van der Waals surface area contributed by atoms with Gasteiger partial charge in [0, 0.05) is 6.20 Å². The molecular weight excluding hydrogens is 212 g/mol. The molecule has 4 heteroatoms. The van der Waals surface area contributed by atoms with E-state index in [2.05, 4.69) is 15.0 Å². The zero-order valence-electron chi connectivity index (χ0n) is 9.69. The second-order valence-corrected chi connectivity index (χ2v) is 4.72. The number of nitrogens with zero attached hydrogens (tertiary/aromatic N) is 2. The molecule has 0 bridgehead atoms. The standard InChI is InChI=1S/C13H16N4/c14-13(6-2-3-7-13)12-16-9-11(17-12)10-5-1-4-8-15-10/h1,4-5,8-9H,2-3,6-7,14H2,(H,16,17). The maximum absolute atomic E-state index is 6.36. The molecule has 0 aromatic carbocycles. The van der Waals surface area contributed by atoms with Crippen molar-refractivity contribution in [2.75, 3.05) is 0 Å². The van der Waals surface area contributed by atoms with Crippen molar-refractivity contribution < 1.29 is 0 Å². The zero-order chi connectivity index (χ0) is 11.7. The van der Waals surface area contributed by atoms with Crippen molar-refractivity contribution in [3.63, 3.8) is 0 Å². The Morgan fingerprint density at radius 3 is 2.71 bits per heavy atom. The highest BCUT2D eigenvalue weighted by molar-refractivity contribution is 5.52. The van der Waals surface area contributed by atoms with Crippen molar-refractivity contribution in [2.45, 2.75) is 31.2 Å². The maximum Gasteiger partial charge on any atom is 0.126 e. The first-order valence-electron chi connectivity index (χ1n) is 6.04. The number of hydrogen-bond acceptors (Lipinski definition) is 3. The van der Waals surface area contributed by atoms with Gasteiger partial charge < -0.3 is 10.7 Å². The summed E-state index contributed by atoms with van der Waals surface area (Å²) in [5, 5.41) is 0. The van der Waals surface area contributed by atoms with Crippen LogP contribution >= 0.6 is 0 Å². The fraction of sp³-hybridized carbons (Fsp3) is 0.385. The third kappa shape index (κ3) is 1.85. The van der Waals surface area contributed by atoms with E-state index in [-0.39, 0.29) is 5.54 Å². The third-order valence-electron chi connectivity index (χ3n) is 3.48. The summed E-state index contributed by atoms with van der Waals surface area (Å²) >= 11 is 0. The Morgan fingerprint density at radius 2 is 2.00 bits per heavy atom. The lowest BCUT2D eigenvalue weighted by atomic mass is 9.99. The van der Waals surface area contributed by atoms with E-state index in [1.54, 1.807) is 6.20 Å². The van der Waals surface area contributed by atoms with Gasteiger partial charge >= 0.3 is 0 Å². The number of rotatable bonds is 2. The van der Waals surface area contributed by atoms with Crippen LogP contribution in [0.25, 0.3) is 11.4 Å². The highest BCUT2D eigenvalue weighted by Gasteiger charge is 2.33. The fourth-order valence-corrected chi connectivity index (χ4v) is 2.47. The molecule has 1 saturated carbocycles. The molecule has 0 unspecified atom stereocenters. The van der Waals surface area contributed by atoms with E-state index in [4.69, 9.17) is 5.73 Å². The van der Waals surface area contributed by atoms with Gasteiger partial charge in [-0.2, -0.15) is 0 Å². The van der Waals surface area contributed by atoms with Gasteiger partial charge in [0.25, 0.3) is 0 Å². The molecule has 3 N–H and O–H groups in total. The number of aromatic amines is 1. The summed E-state index contributed by atoms with van der Waals surface area (Å²) < 4.78 is 0. The Hall–Kier alpha value is -1.68. The molecule has 4 nitrogen and oxygen atoms in total. The van der Waals surface area contributed by atoms with Crippen molar-refractivity contribution in [3.8, 4) is 11.4 Å². The quantitative estimate of drug-likeness (QED) is 0.828. The fourth-order valence-electron chi connectivity index (χ4n) is 2.47. The zero-order valence-corrected chi connectivity index (χ0v) is 9.69. The molecule has 0 saturated heterocycles. The van der Waals surface area contributed by atoms with E-state index in [0.29, 0.717) is 0 Å². The minimum absolute atomic E-state index is 0.257. The topological polar surface area (TPSA) is 67.6 Å². The van der Waals surface area contributed by atoms with Gasteiger partial charge in [-0.25, -0.2) is 4.98 Å². The molecule has 1 aliphatic carbocycles. The summed E-state index contributed by atoms with van der Waals surface area (Å²) in [4.78, 5) is 12.0. The van der Waals surface area contributed by atoms with E-state index in [9.17, 15) is 0 Å². The highest BCUT2D eigenvalue weighted by Crippen LogP contribution is 2.35. The molecule has 0 atom stereocenters. The summed E-state index contributed by atoms with van der Waals surface area (Å²) in [6, 6.07) is 5.84. The Kier molecular flexibility index (Phi) is 2.44. The van der Waals surface area contributed by atoms with Gasteiger partial charge in [-0.1, -0.05) is 18.9 Å². The molecule has 1 aliphatic rings. The van der Waals surface area contributed by atoms with Gasteiger partial charge in [-0.05, 0) is 25.0 Å². The van der Waals surface area contributed by atoms with Crippen LogP contribution in [0.1, 0.15) is 31.5 Å².